The van der Waals surface area contributed by atoms with E-state index in [0.29, 0.717) is 12.2 Å². The number of halogens is 2. The maximum Gasteiger partial charge on any atom is 0.415 e. The highest BCUT2D eigenvalue weighted by atomic mass is 35.5. The summed E-state index contributed by atoms with van der Waals surface area (Å²) in [5.41, 5.74) is 5.66. The normalized spacial score (nSPS) is 11.2. The van der Waals surface area contributed by atoms with Crippen LogP contribution in [0.15, 0.2) is 60.8 Å². The van der Waals surface area contributed by atoms with E-state index < -0.39 is 11.7 Å². The van der Waals surface area contributed by atoms with E-state index in [4.69, 9.17) is 9.47 Å². The van der Waals surface area contributed by atoms with Gasteiger partial charge in [-0.3, -0.25) is 9.88 Å². The third-order valence-corrected chi connectivity index (χ3v) is 6.13. The van der Waals surface area contributed by atoms with E-state index in [-0.39, 0.29) is 24.8 Å². The molecule has 0 saturated heterocycles. The van der Waals surface area contributed by atoms with Crippen molar-refractivity contribution in [3.8, 4) is 5.75 Å². The second kappa shape index (κ2) is 11.2. The molecule has 0 bridgehead atoms. The number of fused-ring (bicyclic) bond motifs is 1. The van der Waals surface area contributed by atoms with Crippen LogP contribution in [-0.2, 0) is 17.8 Å². The summed E-state index contributed by atoms with van der Waals surface area (Å²) in [6, 6.07) is 15.9. The summed E-state index contributed by atoms with van der Waals surface area (Å²) in [4.78, 5) is 19.8. The minimum absolute atomic E-state index is 0. The molecule has 0 N–H and O–H groups in total. The van der Waals surface area contributed by atoms with Crippen LogP contribution in [0.2, 0.25) is 0 Å². The van der Waals surface area contributed by atoms with Gasteiger partial charge < -0.3 is 14.0 Å². The first-order valence-corrected chi connectivity index (χ1v) is 11.9. The monoisotopic (exact) mass is 525 g/mol. The van der Waals surface area contributed by atoms with Crippen molar-refractivity contribution < 1.29 is 18.7 Å². The number of nitrogens with zero attached hydrogens (tertiary/aromatic N) is 3. The molecule has 0 fully saturated rings. The Labute approximate surface area is 223 Å². The lowest BCUT2D eigenvalue weighted by atomic mass is 10.1. The highest BCUT2D eigenvalue weighted by Gasteiger charge is 2.27. The number of rotatable bonds is 6. The van der Waals surface area contributed by atoms with E-state index in [1.54, 1.807) is 30.3 Å². The second-order valence-electron chi connectivity index (χ2n) is 9.86. The number of pyridine rings is 1. The van der Waals surface area contributed by atoms with Crippen molar-refractivity contribution >= 4 is 35.2 Å². The highest BCUT2D eigenvalue weighted by Crippen LogP contribution is 2.34. The van der Waals surface area contributed by atoms with E-state index in [2.05, 4.69) is 16.5 Å². The molecule has 0 aliphatic carbocycles. The average Bonchev–Trinajstić information content (AvgIpc) is 3.08. The number of ether oxygens (including phenoxy) is 2. The molecule has 0 saturated carbocycles. The molecule has 196 valence electrons. The Morgan fingerprint density at radius 1 is 1.00 bits per heavy atom. The molecule has 2 aromatic heterocycles. The third-order valence-electron chi connectivity index (χ3n) is 6.13. The number of amides is 1. The van der Waals surface area contributed by atoms with E-state index in [1.165, 1.54) is 12.1 Å². The van der Waals surface area contributed by atoms with Crippen LogP contribution < -0.4 is 9.64 Å². The summed E-state index contributed by atoms with van der Waals surface area (Å²) in [7, 11) is 1.65. The molecular weight excluding hydrogens is 493 g/mol. The molecule has 0 atom stereocenters. The van der Waals surface area contributed by atoms with E-state index >= 15 is 0 Å². The third kappa shape index (κ3) is 6.23. The molecule has 1 amide bonds. The summed E-state index contributed by atoms with van der Waals surface area (Å²) in [5, 5.41) is 0. The minimum atomic E-state index is -0.679. The highest BCUT2D eigenvalue weighted by molar-refractivity contribution is 6.00. The number of benzene rings is 2. The van der Waals surface area contributed by atoms with Crippen molar-refractivity contribution in [2.24, 2.45) is 0 Å². The molecule has 6 nitrogen and oxygen atoms in total. The molecule has 0 aliphatic heterocycles. The molecule has 8 heteroatoms. The van der Waals surface area contributed by atoms with Crippen molar-refractivity contribution in [3.63, 3.8) is 0 Å². The average molecular weight is 526 g/mol. The number of hydrogen-bond acceptors (Lipinski definition) is 4. The van der Waals surface area contributed by atoms with Gasteiger partial charge in [0.25, 0.3) is 0 Å². The first kappa shape index (κ1) is 28.0. The van der Waals surface area contributed by atoms with Crippen LogP contribution in [-0.4, -0.2) is 28.4 Å². The number of anilines is 1. The van der Waals surface area contributed by atoms with Crippen molar-refractivity contribution in [1.29, 1.82) is 0 Å². The Balaban J connectivity index is 0.00000380. The van der Waals surface area contributed by atoms with Crippen molar-refractivity contribution in [1.82, 2.24) is 9.55 Å². The molecule has 2 aromatic carbocycles. The topological polar surface area (TPSA) is 56.6 Å². The molecule has 0 unspecified atom stereocenters. The largest absolute Gasteiger partial charge is 0.497 e. The van der Waals surface area contributed by atoms with Gasteiger partial charge in [-0.15, -0.1) is 12.4 Å². The number of aryl methyl sites for hydroxylation is 1. The predicted octanol–water partition coefficient (Wildman–Crippen LogP) is 7.21. The lowest BCUT2D eigenvalue weighted by Crippen LogP contribution is -2.36. The van der Waals surface area contributed by atoms with Crippen LogP contribution in [0.25, 0.3) is 11.0 Å². The quantitative estimate of drug-likeness (QED) is 0.267. The van der Waals surface area contributed by atoms with Gasteiger partial charge >= 0.3 is 6.09 Å². The van der Waals surface area contributed by atoms with Crippen LogP contribution in [0.5, 0.6) is 5.75 Å². The summed E-state index contributed by atoms with van der Waals surface area (Å²) < 4.78 is 26.8. The zero-order chi connectivity index (χ0) is 26.0. The van der Waals surface area contributed by atoms with Gasteiger partial charge in [0.05, 0.1) is 30.4 Å². The lowest BCUT2D eigenvalue weighted by Gasteiger charge is -2.28. The summed E-state index contributed by atoms with van der Waals surface area (Å²) >= 11 is 0. The van der Waals surface area contributed by atoms with Crippen molar-refractivity contribution in [3.05, 3.63) is 89.0 Å². The fourth-order valence-electron chi connectivity index (χ4n) is 4.19. The van der Waals surface area contributed by atoms with Crippen molar-refractivity contribution in [2.75, 3.05) is 12.0 Å². The van der Waals surface area contributed by atoms with Crippen LogP contribution in [0.1, 0.15) is 43.2 Å². The van der Waals surface area contributed by atoms with Gasteiger partial charge in [-0.25, -0.2) is 9.18 Å². The predicted molar refractivity (Wildman–Crippen MR) is 147 cm³/mol. The standard InChI is InChI=1S/C29H32FN3O3.ClH/c1-19-20(2)32(17-22-9-13-24(35-6)14-10-22)27-25(15-16-31-26(19)27)33(28(34)36-29(3,4)5)18-21-7-11-23(30)12-8-21;/h7-16H,17-18H2,1-6H3;1H. The molecule has 37 heavy (non-hydrogen) atoms. The van der Waals surface area contributed by atoms with Crippen LogP contribution in [0.4, 0.5) is 14.9 Å². The minimum Gasteiger partial charge on any atom is -0.497 e. The van der Waals surface area contributed by atoms with E-state index in [0.717, 1.165) is 39.2 Å². The van der Waals surface area contributed by atoms with E-state index in [1.807, 2.05) is 58.0 Å². The number of carbonyl (C=O) groups excluding carboxylic acids is 1. The van der Waals surface area contributed by atoms with Crippen LogP contribution in [0.3, 0.4) is 0 Å². The van der Waals surface area contributed by atoms with Gasteiger partial charge in [-0.05, 0) is 81.6 Å². The zero-order valence-electron chi connectivity index (χ0n) is 22.0. The second-order valence-corrected chi connectivity index (χ2v) is 9.86. The number of aromatic nitrogens is 2. The molecule has 2 heterocycles. The van der Waals surface area contributed by atoms with Gasteiger partial charge in [0, 0.05) is 18.4 Å². The number of hydrogen-bond donors (Lipinski definition) is 0. The first-order chi connectivity index (χ1) is 17.1. The van der Waals surface area contributed by atoms with Crippen LogP contribution >= 0.6 is 12.4 Å². The molecule has 4 aromatic rings. The summed E-state index contributed by atoms with van der Waals surface area (Å²) in [6.07, 6.45) is 1.23. The SMILES string of the molecule is COc1ccc(Cn2c(C)c(C)c3nccc(N(Cc4ccc(F)cc4)C(=O)OC(C)(C)C)c32)cc1.Cl. The fourth-order valence-corrected chi connectivity index (χ4v) is 4.19. The lowest BCUT2D eigenvalue weighted by molar-refractivity contribution is 0.0578. The number of methoxy groups -OCH3 is 1. The Morgan fingerprint density at radius 2 is 1.62 bits per heavy atom. The Bertz CT molecular complexity index is 1380. The Morgan fingerprint density at radius 3 is 2.22 bits per heavy atom. The van der Waals surface area contributed by atoms with Gasteiger partial charge in [0.2, 0.25) is 0 Å². The molecular formula is C29H33ClFN3O3. The smallest absolute Gasteiger partial charge is 0.415 e. The van der Waals surface area contributed by atoms with Crippen molar-refractivity contribution in [2.45, 2.75) is 53.3 Å². The maximum absolute atomic E-state index is 13.6. The summed E-state index contributed by atoms with van der Waals surface area (Å²) in [6.45, 7) is 10.4. The van der Waals surface area contributed by atoms with Gasteiger partial charge in [0.1, 0.15) is 17.2 Å². The maximum atomic E-state index is 13.6. The Hall–Kier alpha value is -3.58. The number of carbonyl (C=O) groups is 1. The zero-order valence-corrected chi connectivity index (χ0v) is 22.9. The molecule has 0 radical (unpaired) electrons. The molecule has 0 spiro atoms. The summed E-state index contributed by atoms with van der Waals surface area (Å²) in [5.74, 6) is 0.468. The van der Waals surface area contributed by atoms with Gasteiger partial charge in [0.15, 0.2) is 0 Å². The van der Waals surface area contributed by atoms with Crippen LogP contribution in [0, 0.1) is 19.7 Å². The fraction of sp³-hybridized carbons (Fsp3) is 0.310. The van der Waals surface area contributed by atoms with Gasteiger partial charge in [-0.2, -0.15) is 0 Å². The van der Waals surface area contributed by atoms with Gasteiger partial charge in [-0.1, -0.05) is 24.3 Å². The van der Waals surface area contributed by atoms with E-state index in [9.17, 15) is 9.18 Å². The molecule has 0 aliphatic rings. The molecule has 4 rings (SSSR count). The first-order valence-electron chi connectivity index (χ1n) is 11.9. The Kier molecular flexibility index (Phi) is 8.49.